The molecule has 0 aliphatic carbocycles. The lowest BCUT2D eigenvalue weighted by molar-refractivity contribution is -0.146. The van der Waals surface area contributed by atoms with Gasteiger partial charge in [-0.25, -0.2) is 4.79 Å². The number of rotatable bonds is 4. The number of carbonyl (C=O) groups is 2. The van der Waals surface area contributed by atoms with Gasteiger partial charge in [-0.2, -0.15) is 0 Å². The van der Waals surface area contributed by atoms with Crippen LogP contribution in [-0.2, 0) is 20.9 Å². The third-order valence-electron chi connectivity index (χ3n) is 4.63. The van der Waals surface area contributed by atoms with Crippen LogP contribution in [0.1, 0.15) is 11.1 Å². The normalized spacial score (nSPS) is 15.9. The number of cyclic esters (lactones) is 1. The molecule has 1 aliphatic heterocycles. The molecule has 27 heavy (non-hydrogen) atoms. The van der Waals surface area contributed by atoms with E-state index in [2.05, 4.69) is 0 Å². The molecule has 0 bridgehead atoms. The Kier molecular flexibility index (Phi) is 4.16. The SMILES string of the molecule is COc1ccc2c(c1)c(/C(O)=C1\COC(=O)C1=O)cn2Cc1ccccc1. The summed E-state index contributed by atoms with van der Waals surface area (Å²) >= 11 is 0. The molecule has 0 radical (unpaired) electrons. The number of ether oxygens (including phenoxy) is 2. The Labute approximate surface area is 155 Å². The van der Waals surface area contributed by atoms with Gasteiger partial charge in [-0.15, -0.1) is 0 Å². The Bertz CT molecular complexity index is 1080. The number of aromatic nitrogens is 1. The topological polar surface area (TPSA) is 77.8 Å². The number of methoxy groups -OCH3 is 1. The highest BCUT2D eigenvalue weighted by molar-refractivity contribution is 6.43. The van der Waals surface area contributed by atoms with Gasteiger partial charge in [-0.1, -0.05) is 30.3 Å². The molecule has 136 valence electrons. The van der Waals surface area contributed by atoms with Crippen molar-refractivity contribution in [2.24, 2.45) is 0 Å². The predicted octanol–water partition coefficient (Wildman–Crippen LogP) is 3.09. The summed E-state index contributed by atoms with van der Waals surface area (Å²) in [5, 5.41) is 11.4. The monoisotopic (exact) mass is 363 g/mol. The zero-order chi connectivity index (χ0) is 19.0. The predicted molar refractivity (Wildman–Crippen MR) is 99.5 cm³/mol. The van der Waals surface area contributed by atoms with Crippen molar-refractivity contribution in [3.8, 4) is 5.75 Å². The van der Waals surface area contributed by atoms with Gasteiger partial charge < -0.3 is 19.1 Å². The lowest BCUT2D eigenvalue weighted by atomic mass is 10.1. The summed E-state index contributed by atoms with van der Waals surface area (Å²) < 4.78 is 12.0. The molecule has 0 unspecified atom stereocenters. The van der Waals surface area contributed by atoms with Crippen LogP contribution in [0.4, 0.5) is 0 Å². The third kappa shape index (κ3) is 2.95. The highest BCUT2D eigenvalue weighted by atomic mass is 16.5. The van der Waals surface area contributed by atoms with Crippen LogP contribution in [0.2, 0.25) is 0 Å². The molecule has 1 fully saturated rings. The number of nitrogens with zero attached hydrogens (tertiary/aromatic N) is 1. The molecule has 2 heterocycles. The molecular weight excluding hydrogens is 346 g/mol. The minimum absolute atomic E-state index is 0.0263. The number of hydrogen-bond donors (Lipinski definition) is 1. The van der Waals surface area contributed by atoms with Crippen LogP contribution >= 0.6 is 0 Å². The Morgan fingerprint density at radius 1 is 1.19 bits per heavy atom. The highest BCUT2D eigenvalue weighted by Gasteiger charge is 2.33. The van der Waals surface area contributed by atoms with Crippen molar-refractivity contribution in [2.45, 2.75) is 6.54 Å². The fourth-order valence-corrected chi connectivity index (χ4v) is 3.23. The van der Waals surface area contributed by atoms with Crippen molar-refractivity contribution < 1.29 is 24.2 Å². The first kappa shape index (κ1) is 16.9. The van der Waals surface area contributed by atoms with E-state index in [4.69, 9.17) is 9.47 Å². The fraction of sp³-hybridized carbons (Fsp3) is 0.143. The number of carbonyl (C=O) groups excluding carboxylic acids is 2. The third-order valence-corrected chi connectivity index (χ3v) is 4.63. The van der Waals surface area contributed by atoms with Crippen molar-refractivity contribution in [3.05, 3.63) is 71.4 Å². The van der Waals surface area contributed by atoms with Gasteiger partial charge in [0.15, 0.2) is 0 Å². The van der Waals surface area contributed by atoms with Crippen LogP contribution in [0.5, 0.6) is 5.75 Å². The average Bonchev–Trinajstić information content (AvgIpc) is 3.22. The van der Waals surface area contributed by atoms with Crippen LogP contribution in [0, 0.1) is 0 Å². The standard InChI is InChI=1S/C21H17NO5/c1-26-14-7-8-18-15(9-14)16(19(23)17-12-27-21(25)20(17)24)11-22(18)10-13-5-3-2-4-6-13/h2-9,11,23H,10,12H2,1H3/b19-17-. The quantitative estimate of drug-likeness (QED) is 0.334. The molecule has 2 aromatic carbocycles. The second-order valence-corrected chi connectivity index (χ2v) is 6.27. The van der Waals surface area contributed by atoms with Gasteiger partial charge in [0.2, 0.25) is 0 Å². The fourth-order valence-electron chi connectivity index (χ4n) is 3.23. The Balaban J connectivity index is 1.88. The number of fused-ring (bicyclic) bond motifs is 1. The van der Waals surface area contributed by atoms with Crippen LogP contribution in [-0.4, -0.2) is 35.1 Å². The number of esters is 1. The minimum atomic E-state index is -0.942. The van der Waals surface area contributed by atoms with Crippen LogP contribution in [0.15, 0.2) is 60.3 Å². The van der Waals surface area contributed by atoms with Crippen LogP contribution < -0.4 is 4.74 Å². The molecule has 3 aromatic rings. The molecule has 0 saturated carbocycles. The van der Waals surface area contributed by atoms with E-state index in [1.807, 2.05) is 47.0 Å². The van der Waals surface area contributed by atoms with Gasteiger partial charge in [-0.3, -0.25) is 4.79 Å². The maximum Gasteiger partial charge on any atom is 0.379 e. The van der Waals surface area contributed by atoms with Crippen molar-refractivity contribution >= 4 is 28.4 Å². The van der Waals surface area contributed by atoms with Gasteiger partial charge in [0, 0.05) is 29.2 Å². The first-order valence-electron chi connectivity index (χ1n) is 8.43. The molecule has 0 atom stereocenters. The largest absolute Gasteiger partial charge is 0.507 e. The summed E-state index contributed by atoms with van der Waals surface area (Å²) in [5.74, 6) is -1.36. The van der Waals surface area contributed by atoms with E-state index in [1.54, 1.807) is 19.4 Å². The number of hydrogen-bond acceptors (Lipinski definition) is 5. The number of aliphatic hydroxyl groups is 1. The molecule has 1 N–H and O–H groups in total. The summed E-state index contributed by atoms with van der Waals surface area (Å²) in [7, 11) is 1.56. The smallest absolute Gasteiger partial charge is 0.379 e. The number of ketones is 1. The van der Waals surface area contributed by atoms with Gasteiger partial charge in [-0.05, 0) is 23.8 Å². The van der Waals surface area contributed by atoms with Gasteiger partial charge >= 0.3 is 5.97 Å². The molecule has 1 aliphatic rings. The van der Waals surface area contributed by atoms with Gasteiger partial charge in [0.1, 0.15) is 18.1 Å². The molecule has 0 amide bonds. The Hall–Kier alpha value is -3.54. The average molecular weight is 363 g/mol. The maximum absolute atomic E-state index is 12.0. The summed E-state index contributed by atoms with van der Waals surface area (Å²) in [5.41, 5.74) is 2.40. The second kappa shape index (κ2) is 6.64. The molecule has 0 spiro atoms. The van der Waals surface area contributed by atoms with Crippen molar-refractivity contribution in [2.75, 3.05) is 13.7 Å². The maximum atomic E-state index is 12.0. The molecular formula is C21H17NO5. The van der Waals surface area contributed by atoms with Crippen LogP contribution in [0.3, 0.4) is 0 Å². The zero-order valence-corrected chi connectivity index (χ0v) is 14.6. The molecule has 1 saturated heterocycles. The van der Waals surface area contributed by atoms with E-state index >= 15 is 0 Å². The zero-order valence-electron chi connectivity index (χ0n) is 14.6. The highest BCUT2D eigenvalue weighted by Crippen LogP contribution is 2.32. The van der Waals surface area contributed by atoms with E-state index in [0.717, 1.165) is 16.5 Å². The number of aliphatic hydroxyl groups excluding tert-OH is 1. The van der Waals surface area contributed by atoms with Crippen molar-refractivity contribution in [3.63, 3.8) is 0 Å². The first-order chi connectivity index (χ1) is 13.1. The molecule has 6 heteroatoms. The second-order valence-electron chi connectivity index (χ2n) is 6.27. The summed E-state index contributed by atoms with van der Waals surface area (Å²) in [4.78, 5) is 23.3. The summed E-state index contributed by atoms with van der Waals surface area (Å²) in [6.45, 7) is 0.370. The van der Waals surface area contributed by atoms with Crippen LogP contribution in [0.25, 0.3) is 16.7 Å². The number of Topliss-reactive ketones (excluding diaryl/α,β-unsaturated/α-hetero) is 1. The van der Waals surface area contributed by atoms with E-state index < -0.39 is 11.8 Å². The van der Waals surface area contributed by atoms with Crippen molar-refractivity contribution in [1.29, 1.82) is 0 Å². The van der Waals surface area contributed by atoms with E-state index in [-0.39, 0.29) is 17.9 Å². The van der Waals surface area contributed by atoms with Gasteiger partial charge in [0.25, 0.3) is 5.78 Å². The van der Waals surface area contributed by atoms with E-state index in [9.17, 15) is 14.7 Å². The summed E-state index contributed by atoms with van der Waals surface area (Å²) in [6.07, 6.45) is 1.77. The Morgan fingerprint density at radius 3 is 2.63 bits per heavy atom. The molecule has 4 rings (SSSR count). The molecule has 6 nitrogen and oxygen atoms in total. The first-order valence-corrected chi connectivity index (χ1v) is 8.43. The van der Waals surface area contributed by atoms with Crippen molar-refractivity contribution in [1.82, 2.24) is 4.57 Å². The van der Waals surface area contributed by atoms with E-state index in [0.29, 0.717) is 17.9 Å². The minimum Gasteiger partial charge on any atom is -0.507 e. The molecule has 1 aromatic heterocycles. The lowest BCUT2D eigenvalue weighted by Gasteiger charge is -2.06. The Morgan fingerprint density at radius 2 is 1.96 bits per heavy atom. The summed E-state index contributed by atoms with van der Waals surface area (Å²) in [6, 6.07) is 15.4. The number of benzene rings is 2. The van der Waals surface area contributed by atoms with E-state index in [1.165, 1.54) is 0 Å². The van der Waals surface area contributed by atoms with Gasteiger partial charge in [0.05, 0.1) is 12.7 Å². The lowest BCUT2D eigenvalue weighted by Crippen LogP contribution is -2.08.